The molecule has 7 aromatic rings. The number of allylic oxidation sites excluding steroid dienone is 2. The lowest BCUT2D eigenvalue weighted by atomic mass is 9.91. The van der Waals surface area contributed by atoms with E-state index in [4.69, 9.17) is 4.42 Å². The Balaban J connectivity index is 1.35. The van der Waals surface area contributed by atoms with Crippen molar-refractivity contribution in [3.05, 3.63) is 128 Å². The number of halogens is 7. The predicted molar refractivity (Wildman–Crippen MR) is 186 cm³/mol. The molecule has 1 amide bonds. The van der Waals surface area contributed by atoms with Gasteiger partial charge in [0.05, 0.1) is 12.0 Å². The van der Waals surface area contributed by atoms with Gasteiger partial charge in [0.2, 0.25) is 0 Å². The van der Waals surface area contributed by atoms with Crippen LogP contribution in [0.5, 0.6) is 0 Å². The lowest BCUT2D eigenvalue weighted by molar-refractivity contribution is -0.254. The van der Waals surface area contributed by atoms with Gasteiger partial charge in [-0.3, -0.25) is 9.36 Å². The molecule has 4 aromatic heterocycles. The van der Waals surface area contributed by atoms with Crippen LogP contribution < -0.4 is 4.80 Å². The molecule has 51 heavy (non-hydrogen) atoms. The number of fused-ring (bicyclic) bond motifs is 2. The van der Waals surface area contributed by atoms with E-state index in [0.717, 1.165) is 34.0 Å². The van der Waals surface area contributed by atoms with Gasteiger partial charge in [0, 0.05) is 68.8 Å². The zero-order valence-corrected chi connectivity index (χ0v) is 28.7. The summed E-state index contributed by atoms with van der Waals surface area (Å²) in [6.45, 7) is 2.90. The molecule has 258 valence electrons. The minimum Gasteiger partial charge on any atom is -0.459 e. The normalized spacial score (nSPS) is 16.9. The minimum absolute atomic E-state index is 0.00203. The lowest BCUT2D eigenvalue weighted by Crippen LogP contribution is -2.48. The molecule has 1 aliphatic carbocycles. The van der Waals surface area contributed by atoms with Crippen molar-refractivity contribution >= 4 is 71.2 Å². The van der Waals surface area contributed by atoms with Crippen LogP contribution in [-0.2, 0) is 0 Å². The number of carbonyl (C=O) groups is 1. The molecule has 0 aliphatic heterocycles. The number of hydrogen-bond donors (Lipinski definition) is 0. The highest BCUT2D eigenvalue weighted by Crippen LogP contribution is 2.67. The molecule has 4 nitrogen and oxygen atoms in total. The van der Waals surface area contributed by atoms with Gasteiger partial charge >= 0.3 is 23.7 Å². The zero-order chi connectivity index (χ0) is 36.0. The van der Waals surface area contributed by atoms with Crippen LogP contribution in [0, 0.1) is 19.7 Å². The number of benzene rings is 3. The Bertz CT molecular complexity index is 2630. The van der Waals surface area contributed by atoms with Crippen LogP contribution >= 0.6 is 34.0 Å². The molecule has 0 saturated heterocycles. The first kappa shape index (κ1) is 33.4. The monoisotopic (exact) mass is 754 g/mol. The Labute approximate surface area is 296 Å². The number of hydrogen-bond acceptors (Lipinski definition) is 5. The quantitative estimate of drug-likeness (QED) is 0.164. The molecule has 1 aliphatic rings. The lowest BCUT2D eigenvalue weighted by Gasteiger charge is -2.26. The van der Waals surface area contributed by atoms with Crippen LogP contribution in [-0.4, -0.2) is 28.2 Å². The van der Waals surface area contributed by atoms with E-state index in [0.29, 0.717) is 26.3 Å². The first-order valence-corrected chi connectivity index (χ1v) is 17.7. The second-order valence-corrected chi connectivity index (χ2v) is 15.2. The van der Waals surface area contributed by atoms with E-state index < -0.39 is 40.6 Å². The molecule has 4 heterocycles. The summed E-state index contributed by atoms with van der Waals surface area (Å²) in [6.07, 6.45) is 1.33. The van der Waals surface area contributed by atoms with Crippen LogP contribution in [0.4, 0.5) is 30.7 Å². The molecule has 0 N–H and O–H groups in total. The van der Waals surface area contributed by atoms with Gasteiger partial charge in [-0.25, -0.2) is 4.39 Å². The zero-order valence-electron chi connectivity index (χ0n) is 26.2. The maximum Gasteiger partial charge on any atom is 0.380 e. The standard InChI is InChI=1S/C37H21F7N2O2S3/c1-18-29(23-6-3-4-8-27(23)50-18)31-32(36(41,42)37(43,44)35(31,39)40)30-19(2)51-28-16-20(9-14-24(28)30)25-17-49-34(45-33(47)26-7-5-15-48-26)46(25)22-12-10-21(38)11-13-22/h3-17H,1-2H3. The van der Waals surface area contributed by atoms with Crippen molar-refractivity contribution in [3.63, 3.8) is 0 Å². The van der Waals surface area contributed by atoms with Gasteiger partial charge in [0.25, 0.3) is 0 Å². The molecule has 0 unspecified atom stereocenters. The topological polar surface area (TPSA) is 47.5 Å². The van der Waals surface area contributed by atoms with Gasteiger partial charge in [-0.2, -0.15) is 31.3 Å². The molecule has 3 aromatic carbocycles. The molecule has 14 heteroatoms. The van der Waals surface area contributed by atoms with Crippen LogP contribution in [0.2, 0.25) is 0 Å². The van der Waals surface area contributed by atoms with Gasteiger partial charge in [0.1, 0.15) is 5.82 Å². The SMILES string of the molecule is Cc1sc2ccccc2c1C1=C(c2c(C)sc3cc(-c4csc(=NC(=O)c5ccco5)n4-c4ccc(F)cc4)ccc23)C(F)(F)C(F)(F)C1(F)F. The van der Waals surface area contributed by atoms with Crippen LogP contribution in [0.25, 0.3) is 48.3 Å². The Morgan fingerprint density at radius 2 is 1.39 bits per heavy atom. The fourth-order valence-electron chi connectivity index (χ4n) is 6.53. The van der Waals surface area contributed by atoms with E-state index in [1.54, 1.807) is 40.3 Å². The van der Waals surface area contributed by atoms with Gasteiger partial charge in [-0.05, 0) is 62.4 Å². The van der Waals surface area contributed by atoms with Crippen molar-refractivity contribution in [3.8, 4) is 16.9 Å². The fraction of sp³-hybridized carbons (Fsp3) is 0.135. The number of alkyl halides is 6. The molecular formula is C37H21F7N2O2S3. The number of aromatic nitrogens is 1. The summed E-state index contributed by atoms with van der Waals surface area (Å²) in [6, 6.07) is 19.3. The molecule has 0 saturated carbocycles. The van der Waals surface area contributed by atoms with Crippen LogP contribution in [0.3, 0.4) is 0 Å². The number of nitrogens with zero attached hydrogens (tertiary/aromatic N) is 2. The molecular weight excluding hydrogens is 734 g/mol. The number of rotatable bonds is 5. The Morgan fingerprint density at radius 1 is 0.765 bits per heavy atom. The van der Waals surface area contributed by atoms with E-state index >= 15 is 26.3 Å². The highest BCUT2D eigenvalue weighted by Gasteiger charge is 2.80. The molecule has 0 spiro atoms. The second-order valence-electron chi connectivity index (χ2n) is 11.9. The van der Waals surface area contributed by atoms with Crippen LogP contribution in [0.1, 0.15) is 31.4 Å². The Kier molecular flexibility index (Phi) is 7.60. The summed E-state index contributed by atoms with van der Waals surface area (Å²) in [7, 11) is 0. The summed E-state index contributed by atoms with van der Waals surface area (Å²) in [4.78, 5) is 17.6. The van der Waals surface area contributed by atoms with Gasteiger partial charge in [-0.1, -0.05) is 30.3 Å². The second kappa shape index (κ2) is 11.6. The van der Waals surface area contributed by atoms with Gasteiger partial charge < -0.3 is 4.42 Å². The van der Waals surface area contributed by atoms with E-state index in [2.05, 4.69) is 4.99 Å². The van der Waals surface area contributed by atoms with Gasteiger partial charge in [-0.15, -0.1) is 34.0 Å². The van der Waals surface area contributed by atoms with Crippen molar-refractivity contribution in [2.24, 2.45) is 4.99 Å². The summed E-state index contributed by atoms with van der Waals surface area (Å²) < 4.78 is 116. The molecule has 8 rings (SSSR count). The summed E-state index contributed by atoms with van der Waals surface area (Å²) in [5.41, 5.74) is -2.02. The molecule has 0 fully saturated rings. The number of thiophene rings is 2. The molecule has 0 radical (unpaired) electrons. The van der Waals surface area contributed by atoms with E-state index in [-0.39, 0.29) is 42.2 Å². The smallest absolute Gasteiger partial charge is 0.380 e. The van der Waals surface area contributed by atoms with Crippen molar-refractivity contribution in [2.75, 3.05) is 0 Å². The third kappa shape index (κ3) is 4.90. The largest absolute Gasteiger partial charge is 0.459 e. The third-order valence-corrected chi connectivity index (χ3v) is 11.8. The Morgan fingerprint density at radius 3 is 2.04 bits per heavy atom. The summed E-state index contributed by atoms with van der Waals surface area (Å²) in [5, 5.41) is 1.98. The first-order chi connectivity index (χ1) is 24.2. The highest BCUT2D eigenvalue weighted by atomic mass is 32.1. The van der Waals surface area contributed by atoms with E-state index in [1.165, 1.54) is 68.6 Å². The average Bonchev–Trinajstić information content (AvgIpc) is 3.90. The maximum absolute atomic E-state index is 16.0. The summed E-state index contributed by atoms with van der Waals surface area (Å²) >= 11 is 3.17. The number of amides is 1. The van der Waals surface area contributed by atoms with E-state index in [9.17, 15) is 9.18 Å². The fourth-order valence-corrected chi connectivity index (χ4v) is 9.61. The number of furan rings is 1. The first-order valence-electron chi connectivity index (χ1n) is 15.2. The maximum atomic E-state index is 16.0. The number of aryl methyl sites for hydroxylation is 2. The molecule has 0 bridgehead atoms. The Hall–Kier alpha value is -4.79. The van der Waals surface area contributed by atoms with E-state index in [1.807, 2.05) is 0 Å². The van der Waals surface area contributed by atoms with Crippen molar-refractivity contribution < 1.29 is 39.9 Å². The minimum atomic E-state index is -5.70. The van der Waals surface area contributed by atoms with Crippen molar-refractivity contribution in [2.45, 2.75) is 31.6 Å². The summed E-state index contributed by atoms with van der Waals surface area (Å²) in [5.74, 6) is -17.3. The van der Waals surface area contributed by atoms with Crippen molar-refractivity contribution in [1.82, 2.24) is 4.57 Å². The van der Waals surface area contributed by atoms with Gasteiger partial charge in [0.15, 0.2) is 10.6 Å². The predicted octanol–water partition coefficient (Wildman–Crippen LogP) is 11.6. The average molecular weight is 755 g/mol. The van der Waals surface area contributed by atoms with Crippen LogP contribution in [0.15, 0.2) is 99.9 Å². The molecule has 0 atom stereocenters. The van der Waals surface area contributed by atoms with Crippen molar-refractivity contribution in [1.29, 1.82) is 0 Å². The number of thiazole rings is 1. The number of carbonyl (C=O) groups excluding carboxylic acids is 1. The highest BCUT2D eigenvalue weighted by molar-refractivity contribution is 7.19. The third-order valence-electron chi connectivity index (χ3n) is 8.82.